The summed E-state index contributed by atoms with van der Waals surface area (Å²) in [5.74, 6) is -0.858. The second-order valence-corrected chi connectivity index (χ2v) is 6.77. The summed E-state index contributed by atoms with van der Waals surface area (Å²) < 4.78 is 37.5. The minimum Gasteiger partial charge on any atom is -0.343 e. The molecule has 0 fully saturated rings. The first kappa shape index (κ1) is 20.8. The van der Waals surface area contributed by atoms with Crippen molar-refractivity contribution in [1.29, 1.82) is 0 Å². The van der Waals surface area contributed by atoms with Gasteiger partial charge in [0.15, 0.2) is 0 Å². The molecule has 2 amide bonds. The summed E-state index contributed by atoms with van der Waals surface area (Å²) in [6.45, 7) is 3.76. The number of alkyl halides is 3. The molecule has 2 N–H and O–H groups in total. The molecule has 0 aliphatic heterocycles. The number of benzene rings is 1. The fraction of sp³-hybridized carbons (Fsp3) is 0.412. The molecule has 0 aliphatic carbocycles. The van der Waals surface area contributed by atoms with Gasteiger partial charge in [-0.25, -0.2) is 0 Å². The van der Waals surface area contributed by atoms with E-state index in [2.05, 4.69) is 20.8 Å². The molecular weight excluding hydrogens is 381 g/mol. The van der Waals surface area contributed by atoms with Gasteiger partial charge in [0.25, 0.3) is 5.91 Å². The molecule has 0 atom stereocenters. The molecular formula is C17H19F3N4O2S. The molecule has 0 radical (unpaired) electrons. The summed E-state index contributed by atoms with van der Waals surface area (Å²) >= 11 is 1.28. The lowest BCUT2D eigenvalue weighted by Crippen LogP contribution is -2.32. The Balaban J connectivity index is 1.87. The van der Waals surface area contributed by atoms with Crippen molar-refractivity contribution in [1.82, 2.24) is 15.5 Å². The van der Waals surface area contributed by atoms with E-state index >= 15 is 0 Å². The van der Waals surface area contributed by atoms with Gasteiger partial charge in [-0.1, -0.05) is 25.2 Å². The van der Waals surface area contributed by atoms with Gasteiger partial charge in [0, 0.05) is 11.5 Å². The predicted molar refractivity (Wildman–Crippen MR) is 95.6 cm³/mol. The number of hydrogen-bond acceptors (Lipinski definition) is 5. The quantitative estimate of drug-likeness (QED) is 0.740. The summed E-state index contributed by atoms with van der Waals surface area (Å²) in [6, 6.07) is 3.75. The van der Waals surface area contributed by atoms with E-state index < -0.39 is 23.6 Å². The van der Waals surface area contributed by atoms with Gasteiger partial charge < -0.3 is 5.32 Å². The Bertz CT molecular complexity index is 786. The summed E-state index contributed by atoms with van der Waals surface area (Å²) in [5.41, 5.74) is -0.816. The van der Waals surface area contributed by atoms with Gasteiger partial charge >= 0.3 is 6.18 Å². The highest BCUT2D eigenvalue weighted by Gasteiger charge is 2.30. The number of carbonyl (C=O) groups excluding carboxylic acids is 2. The second-order valence-electron chi connectivity index (χ2n) is 5.76. The highest BCUT2D eigenvalue weighted by molar-refractivity contribution is 7.15. The Morgan fingerprint density at radius 2 is 1.74 bits per heavy atom. The minimum absolute atomic E-state index is 0.0303. The molecule has 2 aromatic rings. The monoisotopic (exact) mass is 400 g/mol. The first-order chi connectivity index (χ1) is 12.7. The van der Waals surface area contributed by atoms with E-state index in [9.17, 15) is 22.8 Å². The molecule has 1 heterocycles. The van der Waals surface area contributed by atoms with Crippen LogP contribution >= 0.6 is 11.3 Å². The van der Waals surface area contributed by atoms with E-state index in [1.54, 1.807) is 0 Å². The lowest BCUT2D eigenvalue weighted by molar-refractivity contribution is -0.137. The molecule has 0 spiro atoms. The smallest absolute Gasteiger partial charge is 0.343 e. The van der Waals surface area contributed by atoms with Crippen LogP contribution in [0.1, 0.15) is 53.5 Å². The van der Waals surface area contributed by atoms with E-state index in [0.717, 1.165) is 42.1 Å². The zero-order valence-corrected chi connectivity index (χ0v) is 15.6. The van der Waals surface area contributed by atoms with Gasteiger partial charge in [-0.2, -0.15) is 13.2 Å². The summed E-state index contributed by atoms with van der Waals surface area (Å²) in [6.07, 6.45) is -2.63. The van der Waals surface area contributed by atoms with Crippen LogP contribution in [0.5, 0.6) is 0 Å². The lowest BCUT2D eigenvalue weighted by Gasteiger charge is -2.08. The standard InChI is InChI=1S/C17H19F3N4O2S/c1-3-10(4-2)15-23-24-16(27-15)22-13(25)9-21-14(26)11-5-7-12(8-6-11)17(18,19)20/h5-8,10H,3-4,9H2,1-2H3,(H,21,26)(H,22,24,25). The first-order valence-electron chi connectivity index (χ1n) is 8.33. The van der Waals surface area contributed by atoms with Crippen LogP contribution < -0.4 is 10.6 Å². The maximum Gasteiger partial charge on any atom is 0.416 e. The normalized spacial score (nSPS) is 11.5. The molecule has 0 saturated heterocycles. The van der Waals surface area contributed by atoms with Crippen LogP contribution in [0, 0.1) is 0 Å². The SMILES string of the molecule is CCC(CC)c1nnc(NC(=O)CNC(=O)c2ccc(C(F)(F)F)cc2)s1. The Morgan fingerprint density at radius 3 is 2.30 bits per heavy atom. The van der Waals surface area contributed by atoms with Crippen molar-refractivity contribution in [3.8, 4) is 0 Å². The van der Waals surface area contributed by atoms with Crippen molar-refractivity contribution in [2.75, 3.05) is 11.9 Å². The Kier molecular flexibility index (Phi) is 6.89. The molecule has 146 valence electrons. The fourth-order valence-corrected chi connectivity index (χ4v) is 3.35. The zero-order chi connectivity index (χ0) is 20.0. The number of aromatic nitrogens is 2. The molecule has 0 saturated carbocycles. The number of hydrogen-bond donors (Lipinski definition) is 2. The van der Waals surface area contributed by atoms with E-state index in [0.29, 0.717) is 5.13 Å². The highest BCUT2D eigenvalue weighted by Crippen LogP contribution is 2.29. The average Bonchev–Trinajstić information content (AvgIpc) is 3.08. The van der Waals surface area contributed by atoms with Crippen molar-refractivity contribution < 1.29 is 22.8 Å². The highest BCUT2D eigenvalue weighted by atomic mass is 32.1. The van der Waals surface area contributed by atoms with Crippen molar-refractivity contribution >= 4 is 28.3 Å². The van der Waals surface area contributed by atoms with Gasteiger partial charge in [-0.05, 0) is 37.1 Å². The van der Waals surface area contributed by atoms with E-state index in [1.807, 2.05) is 13.8 Å². The van der Waals surface area contributed by atoms with Crippen molar-refractivity contribution in [2.45, 2.75) is 38.8 Å². The van der Waals surface area contributed by atoms with Gasteiger partial charge in [-0.15, -0.1) is 10.2 Å². The van der Waals surface area contributed by atoms with Gasteiger partial charge in [0.05, 0.1) is 12.1 Å². The molecule has 2 rings (SSSR count). The van der Waals surface area contributed by atoms with Gasteiger partial charge in [0.1, 0.15) is 5.01 Å². The maximum absolute atomic E-state index is 12.5. The third kappa shape index (κ3) is 5.75. The van der Waals surface area contributed by atoms with Crippen LogP contribution in [0.4, 0.5) is 18.3 Å². The third-order valence-electron chi connectivity index (χ3n) is 3.91. The van der Waals surface area contributed by atoms with Crippen LogP contribution in [0.3, 0.4) is 0 Å². The number of nitrogens with zero attached hydrogens (tertiary/aromatic N) is 2. The Labute approximate surface area is 158 Å². The number of anilines is 1. The van der Waals surface area contributed by atoms with Crippen LogP contribution in [0.15, 0.2) is 24.3 Å². The molecule has 1 aromatic carbocycles. The van der Waals surface area contributed by atoms with Crippen molar-refractivity contribution in [3.63, 3.8) is 0 Å². The van der Waals surface area contributed by atoms with Crippen LogP contribution in [-0.2, 0) is 11.0 Å². The van der Waals surface area contributed by atoms with E-state index in [1.165, 1.54) is 11.3 Å². The average molecular weight is 400 g/mol. The minimum atomic E-state index is -4.47. The van der Waals surface area contributed by atoms with E-state index in [-0.39, 0.29) is 18.0 Å². The molecule has 0 unspecified atom stereocenters. The first-order valence-corrected chi connectivity index (χ1v) is 9.15. The number of rotatable bonds is 7. The number of carbonyl (C=O) groups is 2. The predicted octanol–water partition coefficient (Wildman–Crippen LogP) is 3.83. The fourth-order valence-electron chi connectivity index (χ4n) is 2.32. The molecule has 1 aromatic heterocycles. The van der Waals surface area contributed by atoms with E-state index in [4.69, 9.17) is 0 Å². The largest absolute Gasteiger partial charge is 0.416 e. The molecule has 0 bridgehead atoms. The number of nitrogens with one attached hydrogen (secondary N) is 2. The molecule has 10 heteroatoms. The van der Waals surface area contributed by atoms with Crippen LogP contribution in [0.2, 0.25) is 0 Å². The Morgan fingerprint density at radius 1 is 1.11 bits per heavy atom. The number of amides is 2. The van der Waals surface area contributed by atoms with Gasteiger partial charge in [-0.3, -0.25) is 14.9 Å². The topological polar surface area (TPSA) is 84.0 Å². The Hall–Kier alpha value is -2.49. The molecule has 27 heavy (non-hydrogen) atoms. The second kappa shape index (κ2) is 8.94. The number of halogens is 3. The summed E-state index contributed by atoms with van der Waals surface area (Å²) in [7, 11) is 0. The molecule has 6 nitrogen and oxygen atoms in total. The van der Waals surface area contributed by atoms with Gasteiger partial charge in [0.2, 0.25) is 11.0 Å². The van der Waals surface area contributed by atoms with Crippen LogP contribution in [0.25, 0.3) is 0 Å². The maximum atomic E-state index is 12.5. The lowest BCUT2D eigenvalue weighted by atomic mass is 10.1. The summed E-state index contributed by atoms with van der Waals surface area (Å²) in [5, 5.41) is 14.0. The summed E-state index contributed by atoms with van der Waals surface area (Å²) in [4.78, 5) is 23.9. The molecule has 0 aliphatic rings. The van der Waals surface area contributed by atoms with Crippen molar-refractivity contribution in [3.05, 3.63) is 40.4 Å². The van der Waals surface area contributed by atoms with Crippen molar-refractivity contribution in [2.24, 2.45) is 0 Å². The van der Waals surface area contributed by atoms with Crippen LogP contribution in [-0.4, -0.2) is 28.6 Å². The zero-order valence-electron chi connectivity index (χ0n) is 14.8. The third-order valence-corrected chi connectivity index (χ3v) is 4.91.